The standard InChI is InChI=1S/C13H19NO3/c15-13(12-6-5-10-16-12)17-11-9-14-7-3-1-2-4-8-14/h5-6,10H,1-4,7-9,11H2. The monoisotopic (exact) mass is 237 g/mol. The molecule has 0 saturated carbocycles. The number of furan rings is 1. The second kappa shape index (κ2) is 6.45. The molecule has 1 aliphatic heterocycles. The lowest BCUT2D eigenvalue weighted by Crippen LogP contribution is -2.29. The molecule has 0 spiro atoms. The number of nitrogens with zero attached hydrogens (tertiary/aromatic N) is 1. The highest BCUT2D eigenvalue weighted by molar-refractivity contribution is 5.86. The van der Waals surface area contributed by atoms with Crippen molar-refractivity contribution in [2.24, 2.45) is 0 Å². The second-order valence-electron chi connectivity index (χ2n) is 4.37. The van der Waals surface area contributed by atoms with Gasteiger partial charge in [0.05, 0.1) is 6.26 Å². The molecule has 0 unspecified atom stereocenters. The maximum atomic E-state index is 11.5. The van der Waals surface area contributed by atoms with Gasteiger partial charge in [-0.3, -0.25) is 4.90 Å². The van der Waals surface area contributed by atoms with E-state index in [2.05, 4.69) is 4.90 Å². The van der Waals surface area contributed by atoms with Gasteiger partial charge in [-0.1, -0.05) is 12.8 Å². The van der Waals surface area contributed by atoms with Gasteiger partial charge in [-0.2, -0.15) is 0 Å². The number of rotatable bonds is 4. The summed E-state index contributed by atoms with van der Waals surface area (Å²) in [6, 6.07) is 3.31. The predicted octanol–water partition coefficient (Wildman–Crippen LogP) is 2.31. The minimum absolute atomic E-state index is 0.279. The summed E-state index contributed by atoms with van der Waals surface area (Å²) >= 11 is 0. The van der Waals surface area contributed by atoms with Gasteiger partial charge in [0.25, 0.3) is 0 Å². The maximum absolute atomic E-state index is 11.5. The third-order valence-corrected chi connectivity index (χ3v) is 3.06. The van der Waals surface area contributed by atoms with Crippen LogP contribution in [0, 0.1) is 0 Å². The molecule has 0 N–H and O–H groups in total. The first-order valence-electron chi connectivity index (χ1n) is 6.29. The molecule has 2 rings (SSSR count). The summed E-state index contributed by atoms with van der Waals surface area (Å²) in [5, 5.41) is 0. The first-order chi connectivity index (χ1) is 8.36. The van der Waals surface area contributed by atoms with E-state index in [1.165, 1.54) is 31.9 Å². The Bertz CT molecular complexity index is 326. The SMILES string of the molecule is O=C(OCCN1CCCCCC1)c1ccco1. The maximum Gasteiger partial charge on any atom is 0.374 e. The molecule has 1 aromatic heterocycles. The van der Waals surface area contributed by atoms with Gasteiger partial charge in [-0.25, -0.2) is 4.79 Å². The van der Waals surface area contributed by atoms with Crippen LogP contribution in [0.3, 0.4) is 0 Å². The summed E-state index contributed by atoms with van der Waals surface area (Å²) in [4.78, 5) is 13.8. The van der Waals surface area contributed by atoms with Crippen molar-refractivity contribution >= 4 is 5.97 Å². The molecule has 17 heavy (non-hydrogen) atoms. The molecule has 0 bridgehead atoms. The zero-order valence-electron chi connectivity index (χ0n) is 10.1. The molecule has 4 heteroatoms. The molecule has 0 radical (unpaired) electrons. The largest absolute Gasteiger partial charge is 0.458 e. The summed E-state index contributed by atoms with van der Waals surface area (Å²) in [6.45, 7) is 3.52. The van der Waals surface area contributed by atoms with E-state index in [1.807, 2.05) is 0 Å². The smallest absolute Gasteiger partial charge is 0.374 e. The summed E-state index contributed by atoms with van der Waals surface area (Å²) in [5.41, 5.74) is 0. The zero-order valence-corrected chi connectivity index (χ0v) is 10.1. The molecule has 1 aromatic rings. The van der Waals surface area contributed by atoms with Crippen LogP contribution >= 0.6 is 0 Å². The first-order valence-corrected chi connectivity index (χ1v) is 6.29. The van der Waals surface area contributed by atoms with E-state index in [9.17, 15) is 4.79 Å². The lowest BCUT2D eigenvalue weighted by molar-refractivity contribution is 0.0428. The van der Waals surface area contributed by atoms with E-state index < -0.39 is 0 Å². The Balaban J connectivity index is 1.66. The molecule has 4 nitrogen and oxygen atoms in total. The third-order valence-electron chi connectivity index (χ3n) is 3.06. The highest BCUT2D eigenvalue weighted by atomic mass is 16.5. The van der Waals surface area contributed by atoms with Crippen LogP contribution in [0.15, 0.2) is 22.8 Å². The van der Waals surface area contributed by atoms with Crippen LogP contribution in [-0.2, 0) is 4.74 Å². The molecule has 1 saturated heterocycles. The van der Waals surface area contributed by atoms with Gasteiger partial charge in [-0.05, 0) is 38.1 Å². The zero-order chi connectivity index (χ0) is 11.9. The summed E-state index contributed by atoms with van der Waals surface area (Å²) in [6.07, 6.45) is 6.63. The van der Waals surface area contributed by atoms with Gasteiger partial charge in [0.15, 0.2) is 0 Å². The van der Waals surface area contributed by atoms with Gasteiger partial charge in [0.2, 0.25) is 5.76 Å². The molecule has 1 aliphatic rings. The Morgan fingerprint density at radius 3 is 2.71 bits per heavy atom. The first kappa shape index (κ1) is 12.2. The molecular weight excluding hydrogens is 218 g/mol. The van der Waals surface area contributed by atoms with Gasteiger partial charge in [-0.15, -0.1) is 0 Å². The van der Waals surface area contributed by atoms with Crippen LogP contribution in [0.4, 0.5) is 0 Å². The Labute approximate surface area is 102 Å². The van der Waals surface area contributed by atoms with E-state index in [0.29, 0.717) is 6.61 Å². The van der Waals surface area contributed by atoms with E-state index >= 15 is 0 Å². The van der Waals surface area contributed by atoms with Crippen LogP contribution in [-0.4, -0.2) is 37.1 Å². The van der Waals surface area contributed by atoms with Crippen LogP contribution < -0.4 is 0 Å². The number of ether oxygens (including phenoxy) is 1. The fourth-order valence-corrected chi connectivity index (χ4v) is 2.09. The quantitative estimate of drug-likeness (QED) is 0.754. The van der Waals surface area contributed by atoms with Crippen molar-refractivity contribution in [3.8, 4) is 0 Å². The second-order valence-corrected chi connectivity index (χ2v) is 4.37. The highest BCUT2D eigenvalue weighted by Gasteiger charge is 2.12. The average Bonchev–Trinajstić information content (AvgIpc) is 2.75. The molecule has 2 heterocycles. The topological polar surface area (TPSA) is 42.7 Å². The molecule has 0 aliphatic carbocycles. The van der Waals surface area contributed by atoms with Crippen LogP contribution in [0.25, 0.3) is 0 Å². The van der Waals surface area contributed by atoms with E-state index in [1.54, 1.807) is 12.1 Å². The van der Waals surface area contributed by atoms with E-state index in [0.717, 1.165) is 19.6 Å². The Morgan fingerprint density at radius 1 is 1.29 bits per heavy atom. The Hall–Kier alpha value is -1.29. The van der Waals surface area contributed by atoms with Crippen molar-refractivity contribution in [3.05, 3.63) is 24.2 Å². The summed E-state index contributed by atoms with van der Waals surface area (Å²) in [5.74, 6) is -0.0920. The van der Waals surface area contributed by atoms with Crippen molar-refractivity contribution in [1.29, 1.82) is 0 Å². The average molecular weight is 237 g/mol. The summed E-state index contributed by atoms with van der Waals surface area (Å²) < 4.78 is 10.1. The minimum atomic E-state index is -0.371. The summed E-state index contributed by atoms with van der Waals surface area (Å²) in [7, 11) is 0. The number of hydrogen-bond acceptors (Lipinski definition) is 4. The van der Waals surface area contributed by atoms with Gasteiger partial charge >= 0.3 is 5.97 Å². The van der Waals surface area contributed by atoms with E-state index in [4.69, 9.17) is 9.15 Å². The van der Waals surface area contributed by atoms with Crippen molar-refractivity contribution in [1.82, 2.24) is 4.90 Å². The van der Waals surface area contributed by atoms with Gasteiger partial charge in [0, 0.05) is 6.54 Å². The molecule has 1 fully saturated rings. The predicted molar refractivity (Wildman–Crippen MR) is 63.9 cm³/mol. The number of carbonyl (C=O) groups is 1. The van der Waals surface area contributed by atoms with E-state index in [-0.39, 0.29) is 11.7 Å². The molecular formula is C13H19NO3. The normalized spacial score (nSPS) is 17.6. The number of hydrogen-bond donors (Lipinski definition) is 0. The van der Waals surface area contributed by atoms with Crippen molar-refractivity contribution < 1.29 is 13.9 Å². The minimum Gasteiger partial charge on any atom is -0.458 e. The molecule has 0 atom stereocenters. The van der Waals surface area contributed by atoms with Crippen LogP contribution in [0.1, 0.15) is 36.2 Å². The Morgan fingerprint density at radius 2 is 2.06 bits per heavy atom. The number of likely N-dealkylation sites (tertiary alicyclic amines) is 1. The number of esters is 1. The van der Waals surface area contributed by atoms with Crippen LogP contribution in [0.5, 0.6) is 0 Å². The highest BCUT2D eigenvalue weighted by Crippen LogP contribution is 2.09. The Kier molecular flexibility index (Phi) is 4.62. The molecule has 0 aromatic carbocycles. The lowest BCUT2D eigenvalue weighted by Gasteiger charge is -2.18. The third kappa shape index (κ3) is 3.89. The van der Waals surface area contributed by atoms with Crippen LogP contribution in [0.2, 0.25) is 0 Å². The van der Waals surface area contributed by atoms with Crippen molar-refractivity contribution in [2.75, 3.05) is 26.2 Å². The fraction of sp³-hybridized carbons (Fsp3) is 0.615. The molecule has 0 amide bonds. The lowest BCUT2D eigenvalue weighted by atomic mass is 10.2. The van der Waals surface area contributed by atoms with Crippen molar-refractivity contribution in [2.45, 2.75) is 25.7 Å². The number of carbonyl (C=O) groups excluding carboxylic acids is 1. The molecule has 94 valence electrons. The fourth-order valence-electron chi connectivity index (χ4n) is 2.09. The van der Waals surface area contributed by atoms with Gasteiger partial charge < -0.3 is 9.15 Å². The van der Waals surface area contributed by atoms with Gasteiger partial charge in [0.1, 0.15) is 6.61 Å². The van der Waals surface area contributed by atoms with Crippen molar-refractivity contribution in [3.63, 3.8) is 0 Å².